The zero-order valence-electron chi connectivity index (χ0n) is 15.1. The molecule has 1 saturated heterocycles. The van der Waals surface area contributed by atoms with Gasteiger partial charge in [-0.3, -0.25) is 4.79 Å². The minimum absolute atomic E-state index is 0.0997. The number of aromatic nitrogens is 2. The quantitative estimate of drug-likeness (QED) is 0.851. The van der Waals surface area contributed by atoms with Gasteiger partial charge >= 0.3 is 0 Å². The van der Waals surface area contributed by atoms with Crippen molar-refractivity contribution >= 4 is 12.0 Å². The highest BCUT2D eigenvalue weighted by atomic mass is 16.4. The molecule has 132 valence electrons. The Morgan fingerprint density at radius 3 is 2.80 bits per heavy atom. The van der Waals surface area contributed by atoms with Crippen molar-refractivity contribution in [2.75, 3.05) is 6.54 Å². The van der Waals surface area contributed by atoms with Gasteiger partial charge in [0.25, 0.3) is 0 Å². The van der Waals surface area contributed by atoms with E-state index in [1.54, 1.807) is 6.92 Å². The van der Waals surface area contributed by atoms with Crippen LogP contribution in [0.1, 0.15) is 55.5 Å². The fourth-order valence-electron chi connectivity index (χ4n) is 3.39. The largest absolute Gasteiger partial charge is 0.425 e. The molecular weight excluding hydrogens is 314 g/mol. The van der Waals surface area contributed by atoms with Crippen LogP contribution in [0.15, 0.2) is 34.8 Å². The number of nitrogens with zero attached hydrogens (tertiary/aromatic N) is 3. The Balaban J connectivity index is 1.64. The zero-order chi connectivity index (χ0) is 17.8. The Labute approximate surface area is 148 Å². The third kappa shape index (κ3) is 4.16. The number of aryl methyl sites for hydroxylation is 1. The third-order valence-corrected chi connectivity index (χ3v) is 4.87. The molecule has 0 bridgehead atoms. The molecule has 1 aromatic heterocycles. The Morgan fingerprint density at radius 2 is 2.08 bits per heavy atom. The molecule has 3 rings (SSSR count). The monoisotopic (exact) mass is 339 g/mol. The lowest BCUT2D eigenvalue weighted by molar-refractivity contribution is -0.132. The van der Waals surface area contributed by atoms with Gasteiger partial charge in [0.1, 0.15) is 0 Å². The van der Waals surface area contributed by atoms with Crippen LogP contribution in [0.4, 0.5) is 0 Å². The van der Waals surface area contributed by atoms with E-state index in [9.17, 15) is 4.79 Å². The maximum Gasteiger partial charge on any atom is 0.221 e. The summed E-state index contributed by atoms with van der Waals surface area (Å²) in [6, 6.07) is 8.46. The van der Waals surface area contributed by atoms with E-state index in [0.717, 1.165) is 24.9 Å². The normalized spacial score (nSPS) is 21.0. The Kier molecular flexibility index (Phi) is 5.31. The molecule has 0 spiro atoms. The van der Waals surface area contributed by atoms with E-state index >= 15 is 0 Å². The number of benzene rings is 1. The van der Waals surface area contributed by atoms with E-state index in [0.29, 0.717) is 18.2 Å². The summed E-state index contributed by atoms with van der Waals surface area (Å²) in [5, 5.41) is 8.40. The summed E-state index contributed by atoms with van der Waals surface area (Å²) >= 11 is 0. The van der Waals surface area contributed by atoms with Crippen LogP contribution in [0.3, 0.4) is 0 Å². The van der Waals surface area contributed by atoms with Gasteiger partial charge in [0.15, 0.2) is 0 Å². The second-order valence-electron chi connectivity index (χ2n) is 6.75. The first kappa shape index (κ1) is 17.4. The van der Waals surface area contributed by atoms with Gasteiger partial charge in [-0.2, -0.15) is 0 Å². The van der Waals surface area contributed by atoms with Gasteiger partial charge in [-0.1, -0.05) is 42.0 Å². The van der Waals surface area contributed by atoms with Crippen molar-refractivity contribution in [1.29, 1.82) is 0 Å². The number of carbonyl (C=O) groups excluding carboxylic acids is 1. The number of amides is 1. The van der Waals surface area contributed by atoms with Gasteiger partial charge in [-0.25, -0.2) is 0 Å². The first-order valence-electron chi connectivity index (χ1n) is 8.87. The minimum atomic E-state index is 0.0997. The number of rotatable bonds is 4. The Hall–Kier alpha value is -2.43. The van der Waals surface area contributed by atoms with Gasteiger partial charge in [0, 0.05) is 25.9 Å². The molecule has 25 heavy (non-hydrogen) atoms. The summed E-state index contributed by atoms with van der Waals surface area (Å²) in [5.41, 5.74) is 2.41. The lowest BCUT2D eigenvalue weighted by Crippen LogP contribution is -2.44. The molecule has 5 nitrogen and oxygen atoms in total. The summed E-state index contributed by atoms with van der Waals surface area (Å²) in [7, 11) is 0. The van der Waals surface area contributed by atoms with Crippen LogP contribution >= 0.6 is 0 Å². The van der Waals surface area contributed by atoms with Crippen molar-refractivity contribution in [1.82, 2.24) is 15.1 Å². The van der Waals surface area contributed by atoms with E-state index in [2.05, 4.69) is 54.4 Å². The average molecular weight is 339 g/mol. The highest BCUT2D eigenvalue weighted by molar-refractivity contribution is 5.73. The van der Waals surface area contributed by atoms with E-state index in [1.807, 2.05) is 11.0 Å². The van der Waals surface area contributed by atoms with Crippen molar-refractivity contribution < 1.29 is 9.21 Å². The number of piperidine rings is 1. The molecule has 1 fully saturated rings. The summed E-state index contributed by atoms with van der Waals surface area (Å²) in [6.45, 7) is 6.57. The molecule has 0 N–H and O–H groups in total. The third-order valence-electron chi connectivity index (χ3n) is 4.87. The number of allylic oxidation sites excluding steroid dienone is 1. The molecule has 2 heterocycles. The van der Waals surface area contributed by atoms with Crippen LogP contribution in [-0.4, -0.2) is 33.6 Å². The lowest BCUT2D eigenvalue weighted by Gasteiger charge is -2.37. The lowest BCUT2D eigenvalue weighted by atomic mass is 9.90. The van der Waals surface area contributed by atoms with Gasteiger partial charge in [-0.05, 0) is 32.3 Å². The fraction of sp³-hybridized carbons (Fsp3) is 0.450. The predicted molar refractivity (Wildman–Crippen MR) is 97.0 cm³/mol. The highest BCUT2D eigenvalue weighted by Crippen LogP contribution is 2.31. The smallest absolute Gasteiger partial charge is 0.221 e. The second-order valence-corrected chi connectivity index (χ2v) is 6.75. The van der Waals surface area contributed by atoms with Crippen LogP contribution in [0.2, 0.25) is 0 Å². The SMILES string of the molecule is CC(=O)N1CCC[C@H](c2nnc(C/C=C/c3ccc(C)cc3)o2)[C@@H]1C. The van der Waals surface area contributed by atoms with Crippen molar-refractivity contribution in [2.24, 2.45) is 0 Å². The minimum Gasteiger partial charge on any atom is -0.425 e. The molecule has 1 amide bonds. The molecule has 0 saturated carbocycles. The summed E-state index contributed by atoms with van der Waals surface area (Å²) < 4.78 is 5.87. The van der Waals surface area contributed by atoms with E-state index in [4.69, 9.17) is 4.42 Å². The predicted octanol–water partition coefficient (Wildman–Crippen LogP) is 3.75. The Morgan fingerprint density at radius 1 is 1.32 bits per heavy atom. The van der Waals surface area contributed by atoms with Crippen LogP contribution in [-0.2, 0) is 11.2 Å². The highest BCUT2D eigenvalue weighted by Gasteiger charge is 2.33. The molecule has 2 atom stereocenters. The van der Waals surface area contributed by atoms with E-state index < -0.39 is 0 Å². The van der Waals surface area contributed by atoms with Gasteiger partial charge in [0.05, 0.1) is 5.92 Å². The van der Waals surface area contributed by atoms with Crippen LogP contribution in [0.25, 0.3) is 6.08 Å². The summed E-state index contributed by atoms with van der Waals surface area (Å²) in [5.74, 6) is 1.50. The number of likely N-dealkylation sites (tertiary alicyclic amines) is 1. The molecule has 5 heteroatoms. The standard InChI is InChI=1S/C20H25N3O2/c1-14-9-11-17(12-10-14)6-4-8-19-21-22-20(25-19)18-7-5-13-23(15(18)2)16(3)24/h4,6,9-12,15,18H,5,7-8,13H2,1-3H3/b6-4+/t15-,18-/m0/s1. The molecule has 1 aliphatic rings. The number of hydrogen-bond donors (Lipinski definition) is 0. The first-order valence-corrected chi connectivity index (χ1v) is 8.87. The maximum absolute atomic E-state index is 11.7. The zero-order valence-corrected chi connectivity index (χ0v) is 15.1. The second kappa shape index (κ2) is 7.64. The number of carbonyl (C=O) groups is 1. The Bertz CT molecular complexity index is 749. The van der Waals surface area contributed by atoms with Gasteiger partial charge < -0.3 is 9.32 Å². The number of hydrogen-bond acceptors (Lipinski definition) is 4. The van der Waals surface area contributed by atoms with Crippen molar-refractivity contribution in [2.45, 2.75) is 52.0 Å². The summed E-state index contributed by atoms with van der Waals surface area (Å²) in [4.78, 5) is 13.6. The van der Waals surface area contributed by atoms with Crippen LogP contribution in [0, 0.1) is 6.92 Å². The van der Waals surface area contributed by atoms with E-state index in [-0.39, 0.29) is 17.9 Å². The van der Waals surface area contributed by atoms with Crippen LogP contribution in [0.5, 0.6) is 0 Å². The average Bonchev–Trinajstić information content (AvgIpc) is 3.05. The molecular formula is C20H25N3O2. The first-order chi connectivity index (χ1) is 12.0. The molecule has 2 aromatic rings. The van der Waals surface area contributed by atoms with E-state index in [1.165, 1.54) is 5.56 Å². The van der Waals surface area contributed by atoms with Crippen molar-refractivity contribution in [3.8, 4) is 0 Å². The van der Waals surface area contributed by atoms with Crippen molar-refractivity contribution in [3.63, 3.8) is 0 Å². The topological polar surface area (TPSA) is 59.2 Å². The van der Waals surface area contributed by atoms with Gasteiger partial charge in [0.2, 0.25) is 17.7 Å². The molecule has 0 aliphatic carbocycles. The molecule has 1 aromatic carbocycles. The van der Waals surface area contributed by atoms with Gasteiger partial charge in [-0.15, -0.1) is 10.2 Å². The molecule has 0 unspecified atom stereocenters. The fourth-order valence-corrected chi connectivity index (χ4v) is 3.39. The summed E-state index contributed by atoms with van der Waals surface area (Å²) in [6.07, 6.45) is 6.65. The van der Waals surface area contributed by atoms with Crippen LogP contribution < -0.4 is 0 Å². The molecule has 0 radical (unpaired) electrons. The maximum atomic E-state index is 11.7. The molecule has 1 aliphatic heterocycles. The van der Waals surface area contributed by atoms with Crippen molar-refractivity contribution in [3.05, 3.63) is 53.2 Å².